The van der Waals surface area contributed by atoms with Gasteiger partial charge in [-0.3, -0.25) is 5.43 Å². The zero-order valence-electron chi connectivity index (χ0n) is 12.6. The zero-order chi connectivity index (χ0) is 14.9. The number of rotatable bonds is 3. The molecular weight excluding hydrogens is 366 g/mol. The fraction of sp³-hybridized carbons (Fsp3) is 0.333. The van der Waals surface area contributed by atoms with Gasteiger partial charge >= 0.3 is 0 Å². The molecule has 7 heteroatoms. The molecule has 1 aliphatic rings. The molecule has 0 spiro atoms. The van der Waals surface area contributed by atoms with Crippen LogP contribution in [0.1, 0.15) is 32.0 Å². The largest absolute Gasteiger partial charge is 0.454 e. The highest BCUT2D eigenvalue weighted by Crippen LogP contribution is 2.32. The molecule has 2 aromatic rings. The predicted octanol–water partition coefficient (Wildman–Crippen LogP) is 4.19. The summed E-state index contributed by atoms with van der Waals surface area (Å²) in [5.41, 5.74) is 5.02. The minimum absolute atomic E-state index is 0. The van der Waals surface area contributed by atoms with Gasteiger partial charge in [0.05, 0.1) is 11.9 Å². The van der Waals surface area contributed by atoms with Gasteiger partial charge in [-0.1, -0.05) is 20.8 Å². The second-order valence-corrected chi connectivity index (χ2v) is 6.63. The molecule has 22 heavy (non-hydrogen) atoms. The third-order valence-electron chi connectivity index (χ3n) is 3.04. The number of halogens is 1. The summed E-state index contributed by atoms with van der Waals surface area (Å²) >= 11 is 1.55. The Morgan fingerprint density at radius 1 is 1.27 bits per heavy atom. The first-order valence-corrected chi connectivity index (χ1v) is 7.55. The number of hydrogen-bond donors (Lipinski definition) is 1. The average Bonchev–Trinajstić information content (AvgIpc) is 3.05. The fourth-order valence-electron chi connectivity index (χ4n) is 1.83. The van der Waals surface area contributed by atoms with Gasteiger partial charge in [0.2, 0.25) is 11.9 Å². The topological polar surface area (TPSA) is 55.7 Å². The van der Waals surface area contributed by atoms with Crippen molar-refractivity contribution in [1.29, 1.82) is 0 Å². The Balaban J connectivity index is 0.00000176. The van der Waals surface area contributed by atoms with Crippen LogP contribution in [0.15, 0.2) is 28.7 Å². The third-order valence-corrected chi connectivity index (χ3v) is 3.79. The number of ether oxygens (including phenoxy) is 2. The van der Waals surface area contributed by atoms with Crippen LogP contribution in [0.5, 0.6) is 11.5 Å². The maximum atomic E-state index is 5.33. The summed E-state index contributed by atoms with van der Waals surface area (Å²) < 4.78 is 10.6. The van der Waals surface area contributed by atoms with Gasteiger partial charge in [0, 0.05) is 10.8 Å². The molecule has 1 aromatic carbocycles. The molecular formula is C15H18BrN3O2S. The van der Waals surface area contributed by atoms with Crippen molar-refractivity contribution in [3.05, 3.63) is 34.8 Å². The maximum Gasteiger partial charge on any atom is 0.231 e. The molecule has 0 atom stereocenters. The van der Waals surface area contributed by atoms with Gasteiger partial charge in [0.25, 0.3) is 0 Å². The Morgan fingerprint density at radius 2 is 2.05 bits per heavy atom. The number of fused-ring (bicyclic) bond motifs is 1. The molecule has 3 rings (SSSR count). The van der Waals surface area contributed by atoms with E-state index >= 15 is 0 Å². The highest BCUT2D eigenvalue weighted by atomic mass is 79.9. The van der Waals surface area contributed by atoms with Crippen LogP contribution in [0.4, 0.5) is 5.13 Å². The molecule has 0 saturated carbocycles. The summed E-state index contributed by atoms with van der Waals surface area (Å²) in [7, 11) is 0. The first-order chi connectivity index (χ1) is 10.0. The standard InChI is InChI=1S/C15H17N3O2S.BrH/c1-15(2,3)13-8-21-14(17-13)18-16-7-10-4-5-11-12(6-10)20-9-19-11;/h4-8H,9H2,1-3H3,(H,17,18);1H. The van der Waals surface area contributed by atoms with Crippen LogP contribution in [0.3, 0.4) is 0 Å². The van der Waals surface area contributed by atoms with Crippen molar-refractivity contribution in [3.63, 3.8) is 0 Å². The van der Waals surface area contributed by atoms with Gasteiger partial charge in [0.1, 0.15) is 0 Å². The van der Waals surface area contributed by atoms with E-state index in [9.17, 15) is 0 Å². The molecule has 0 unspecified atom stereocenters. The van der Waals surface area contributed by atoms with E-state index in [-0.39, 0.29) is 29.2 Å². The predicted molar refractivity (Wildman–Crippen MR) is 94.9 cm³/mol. The van der Waals surface area contributed by atoms with Crippen LogP contribution < -0.4 is 14.9 Å². The van der Waals surface area contributed by atoms with E-state index in [1.54, 1.807) is 17.6 Å². The second-order valence-electron chi connectivity index (χ2n) is 5.77. The van der Waals surface area contributed by atoms with E-state index in [2.05, 4.69) is 41.7 Å². The molecule has 118 valence electrons. The lowest BCUT2D eigenvalue weighted by Crippen LogP contribution is -2.11. The molecule has 0 fully saturated rings. The van der Waals surface area contributed by atoms with Crippen molar-refractivity contribution < 1.29 is 9.47 Å². The van der Waals surface area contributed by atoms with Crippen LogP contribution in [0.25, 0.3) is 0 Å². The summed E-state index contributed by atoms with van der Waals surface area (Å²) in [6.07, 6.45) is 1.74. The molecule has 5 nitrogen and oxygen atoms in total. The first kappa shape index (κ1) is 16.8. The summed E-state index contributed by atoms with van der Waals surface area (Å²) in [5.74, 6) is 1.53. The Labute approximate surface area is 144 Å². The number of nitrogens with one attached hydrogen (secondary N) is 1. The van der Waals surface area contributed by atoms with Gasteiger partial charge < -0.3 is 9.47 Å². The number of nitrogens with zero attached hydrogens (tertiary/aromatic N) is 2. The van der Waals surface area contributed by atoms with Crippen molar-refractivity contribution in [2.75, 3.05) is 12.2 Å². The molecule has 0 aliphatic carbocycles. The maximum absolute atomic E-state index is 5.33. The summed E-state index contributed by atoms with van der Waals surface area (Å²) in [5, 5.41) is 7.05. The molecule has 0 amide bonds. The SMILES string of the molecule is Br.CC(C)(C)c1csc(NN=Cc2ccc3c(c2)OCO3)n1. The Morgan fingerprint density at radius 3 is 2.77 bits per heavy atom. The average molecular weight is 384 g/mol. The summed E-state index contributed by atoms with van der Waals surface area (Å²) in [4.78, 5) is 4.52. The van der Waals surface area contributed by atoms with Crippen LogP contribution in [0.2, 0.25) is 0 Å². The number of anilines is 1. The molecule has 2 heterocycles. The van der Waals surface area contributed by atoms with Crippen molar-refractivity contribution in [3.8, 4) is 11.5 Å². The van der Waals surface area contributed by atoms with Gasteiger partial charge in [-0.25, -0.2) is 4.98 Å². The van der Waals surface area contributed by atoms with E-state index in [0.717, 1.165) is 27.9 Å². The van der Waals surface area contributed by atoms with Crippen LogP contribution in [-0.4, -0.2) is 18.0 Å². The third kappa shape index (κ3) is 3.78. The number of hydrazone groups is 1. The van der Waals surface area contributed by atoms with Crippen LogP contribution in [0, 0.1) is 0 Å². The Bertz CT molecular complexity index is 680. The van der Waals surface area contributed by atoms with E-state index in [1.807, 2.05) is 18.2 Å². The molecule has 1 N–H and O–H groups in total. The molecule has 0 bridgehead atoms. The van der Waals surface area contributed by atoms with Crippen molar-refractivity contribution in [1.82, 2.24) is 4.98 Å². The molecule has 1 aromatic heterocycles. The highest BCUT2D eigenvalue weighted by Gasteiger charge is 2.17. The normalized spacial score (nSPS) is 13.2. The lowest BCUT2D eigenvalue weighted by Gasteiger charge is -2.13. The van der Waals surface area contributed by atoms with Crippen molar-refractivity contribution >= 4 is 39.7 Å². The summed E-state index contributed by atoms with van der Waals surface area (Å²) in [6.45, 7) is 6.70. The molecule has 0 radical (unpaired) electrons. The van der Waals surface area contributed by atoms with E-state index in [4.69, 9.17) is 9.47 Å². The molecule has 1 aliphatic heterocycles. The number of thiazole rings is 1. The summed E-state index contributed by atoms with van der Waals surface area (Å²) in [6, 6.07) is 5.71. The van der Waals surface area contributed by atoms with Crippen molar-refractivity contribution in [2.24, 2.45) is 5.10 Å². The van der Waals surface area contributed by atoms with Crippen molar-refractivity contribution in [2.45, 2.75) is 26.2 Å². The monoisotopic (exact) mass is 383 g/mol. The lowest BCUT2D eigenvalue weighted by atomic mass is 9.93. The second kappa shape index (κ2) is 6.66. The minimum Gasteiger partial charge on any atom is -0.454 e. The zero-order valence-corrected chi connectivity index (χ0v) is 15.2. The smallest absolute Gasteiger partial charge is 0.231 e. The number of hydrogen-bond acceptors (Lipinski definition) is 6. The fourth-order valence-corrected chi connectivity index (χ4v) is 2.71. The van der Waals surface area contributed by atoms with Gasteiger partial charge in [-0.2, -0.15) is 5.10 Å². The minimum atomic E-state index is 0. The van der Waals surface area contributed by atoms with Gasteiger partial charge in [0.15, 0.2) is 11.5 Å². The first-order valence-electron chi connectivity index (χ1n) is 6.67. The number of benzene rings is 1. The quantitative estimate of drug-likeness (QED) is 0.637. The number of aromatic nitrogens is 1. The Hall–Kier alpha value is -1.60. The van der Waals surface area contributed by atoms with E-state index < -0.39 is 0 Å². The van der Waals surface area contributed by atoms with E-state index in [1.165, 1.54) is 0 Å². The van der Waals surface area contributed by atoms with Gasteiger partial charge in [-0.05, 0) is 23.8 Å². The van der Waals surface area contributed by atoms with Crippen LogP contribution in [-0.2, 0) is 5.41 Å². The lowest BCUT2D eigenvalue weighted by molar-refractivity contribution is 0.174. The Kier molecular flexibility index (Phi) is 5.08. The highest BCUT2D eigenvalue weighted by molar-refractivity contribution is 8.93. The molecule has 0 saturated heterocycles. The van der Waals surface area contributed by atoms with Gasteiger partial charge in [-0.15, -0.1) is 28.3 Å². The van der Waals surface area contributed by atoms with E-state index in [0.29, 0.717) is 0 Å². The van der Waals surface area contributed by atoms with Crippen LogP contribution >= 0.6 is 28.3 Å².